The van der Waals surface area contributed by atoms with Gasteiger partial charge in [-0.1, -0.05) is 11.9 Å². The third-order valence-corrected chi connectivity index (χ3v) is 5.44. The van der Waals surface area contributed by atoms with Crippen LogP contribution in [0.15, 0.2) is 12.1 Å². The van der Waals surface area contributed by atoms with Gasteiger partial charge in [-0.05, 0) is 76.8 Å². The summed E-state index contributed by atoms with van der Waals surface area (Å²) in [6, 6.07) is 1.25. The third-order valence-electron chi connectivity index (χ3n) is 4.40. The lowest BCUT2D eigenvalue weighted by atomic mass is 10.0. The van der Waals surface area contributed by atoms with Gasteiger partial charge in [0.25, 0.3) is 0 Å². The van der Waals surface area contributed by atoms with Crippen LogP contribution in [0.5, 0.6) is 0 Å². The summed E-state index contributed by atoms with van der Waals surface area (Å²) in [7, 11) is 1.98. The highest BCUT2D eigenvalue weighted by Crippen LogP contribution is 2.31. The molecule has 7 heteroatoms. The van der Waals surface area contributed by atoms with E-state index in [0.717, 1.165) is 37.4 Å². The minimum absolute atomic E-state index is 0.146. The van der Waals surface area contributed by atoms with Crippen LogP contribution in [0.3, 0.4) is 0 Å². The van der Waals surface area contributed by atoms with Gasteiger partial charge in [0.05, 0.1) is 0 Å². The highest BCUT2D eigenvalue weighted by atomic mass is 32.2. The van der Waals surface area contributed by atoms with Crippen LogP contribution in [-0.2, 0) is 6.42 Å². The van der Waals surface area contributed by atoms with E-state index in [9.17, 15) is 13.2 Å². The summed E-state index contributed by atoms with van der Waals surface area (Å²) in [6.45, 7) is 3.06. The Kier molecular flexibility index (Phi) is 8.55. The van der Waals surface area contributed by atoms with Crippen LogP contribution in [0.4, 0.5) is 13.2 Å². The van der Waals surface area contributed by atoms with E-state index in [1.807, 2.05) is 19.0 Å². The van der Waals surface area contributed by atoms with Crippen LogP contribution in [0.2, 0.25) is 0 Å². The highest BCUT2D eigenvalue weighted by molar-refractivity contribution is 7.98. The Labute approximate surface area is 152 Å². The molecule has 1 unspecified atom stereocenters. The van der Waals surface area contributed by atoms with E-state index < -0.39 is 17.5 Å². The zero-order valence-corrected chi connectivity index (χ0v) is 15.6. The van der Waals surface area contributed by atoms with Gasteiger partial charge in [-0.2, -0.15) is 0 Å². The number of halogens is 3. The normalized spacial score (nSPS) is 18.8. The van der Waals surface area contributed by atoms with E-state index in [4.69, 9.17) is 5.73 Å². The van der Waals surface area contributed by atoms with E-state index in [1.54, 1.807) is 0 Å². The average Bonchev–Trinajstić information content (AvgIpc) is 3.23. The molecule has 1 aliphatic heterocycles. The molecule has 1 heterocycles. The Balaban J connectivity index is 0.000000316. The molecule has 1 aromatic rings. The van der Waals surface area contributed by atoms with E-state index in [2.05, 4.69) is 9.62 Å². The van der Waals surface area contributed by atoms with Gasteiger partial charge in [-0.15, -0.1) is 0 Å². The van der Waals surface area contributed by atoms with Crippen LogP contribution >= 0.6 is 11.9 Å². The molecule has 1 aliphatic carbocycles. The van der Waals surface area contributed by atoms with Crippen molar-refractivity contribution < 1.29 is 13.2 Å². The van der Waals surface area contributed by atoms with E-state index in [0.29, 0.717) is 6.07 Å². The molecular weight excluding hydrogens is 347 g/mol. The molecule has 0 spiro atoms. The minimum Gasteiger partial charge on any atom is -0.327 e. The molecule has 0 amide bonds. The summed E-state index contributed by atoms with van der Waals surface area (Å²) in [4.78, 5) is 2.32. The molecule has 1 aromatic carbocycles. The third kappa shape index (κ3) is 7.56. The van der Waals surface area contributed by atoms with Crippen molar-refractivity contribution in [2.75, 3.05) is 26.7 Å². The fourth-order valence-corrected chi connectivity index (χ4v) is 3.52. The number of nitrogens with one attached hydrogen (secondary N) is 1. The van der Waals surface area contributed by atoms with Gasteiger partial charge in [-0.25, -0.2) is 13.2 Å². The average molecular weight is 376 g/mol. The van der Waals surface area contributed by atoms with Crippen LogP contribution in [0, 0.1) is 17.5 Å². The van der Waals surface area contributed by atoms with Gasteiger partial charge in [0.2, 0.25) is 0 Å². The van der Waals surface area contributed by atoms with Gasteiger partial charge >= 0.3 is 0 Å². The molecule has 3 rings (SSSR count). The van der Waals surface area contributed by atoms with Gasteiger partial charge in [0.1, 0.15) is 5.82 Å². The maximum absolute atomic E-state index is 13.5. The first kappa shape index (κ1) is 20.6. The smallest absolute Gasteiger partial charge is 0.161 e. The number of benzene rings is 1. The van der Waals surface area contributed by atoms with Gasteiger partial charge in [0, 0.05) is 17.4 Å². The molecule has 142 valence electrons. The van der Waals surface area contributed by atoms with Crippen molar-refractivity contribution in [1.82, 2.24) is 9.62 Å². The molecule has 2 fully saturated rings. The maximum Gasteiger partial charge on any atom is 0.161 e. The van der Waals surface area contributed by atoms with E-state index in [-0.39, 0.29) is 18.0 Å². The number of hydrogen-bond donors (Lipinski definition) is 2. The monoisotopic (exact) mass is 375 g/mol. The molecule has 2 aliphatic rings. The summed E-state index contributed by atoms with van der Waals surface area (Å²) < 4.78 is 42.4. The summed E-state index contributed by atoms with van der Waals surface area (Å²) in [5.74, 6) is -2.91. The second kappa shape index (κ2) is 10.4. The van der Waals surface area contributed by atoms with Crippen molar-refractivity contribution >= 4 is 11.9 Å². The summed E-state index contributed by atoms with van der Waals surface area (Å²) in [5, 5.41) is 0.954. The minimum atomic E-state index is -1.16. The van der Waals surface area contributed by atoms with Crippen molar-refractivity contribution in [2.24, 2.45) is 5.73 Å². The van der Waals surface area contributed by atoms with Gasteiger partial charge in [0.15, 0.2) is 11.6 Å². The molecule has 0 aromatic heterocycles. The molecule has 1 saturated heterocycles. The lowest BCUT2D eigenvalue weighted by molar-refractivity contribution is 0.320. The lowest BCUT2D eigenvalue weighted by Gasteiger charge is -2.18. The van der Waals surface area contributed by atoms with Crippen LogP contribution in [0.1, 0.15) is 37.7 Å². The quantitative estimate of drug-likeness (QED) is 0.566. The van der Waals surface area contributed by atoms with Crippen molar-refractivity contribution in [2.45, 2.75) is 49.8 Å². The molecular formula is C18H28F3N3S. The Hall–Kier alpha value is -0.760. The first-order valence-electron chi connectivity index (χ1n) is 8.93. The Morgan fingerprint density at radius 2 is 1.80 bits per heavy atom. The molecule has 1 saturated carbocycles. The molecule has 3 nitrogen and oxygen atoms in total. The molecule has 25 heavy (non-hydrogen) atoms. The van der Waals surface area contributed by atoms with Crippen molar-refractivity contribution in [3.8, 4) is 0 Å². The summed E-state index contributed by atoms with van der Waals surface area (Å²) in [5.41, 5.74) is 6.08. The maximum atomic E-state index is 13.5. The fourth-order valence-electron chi connectivity index (χ4n) is 2.81. The predicted octanol–water partition coefficient (Wildman–Crippen LogP) is 3.48. The standard InChI is InChI=1S/C14H19F3N2.C4H9NS/c15-12-9-14(17)13(16)8-10(12)7-11(18)3-6-19-4-1-2-5-19;1-5-6-4-2-3-4/h8-9,11H,1-7,18H2;4-5H,2-3H2,1H3. The number of nitrogens with zero attached hydrogens (tertiary/aromatic N) is 1. The molecule has 0 bridgehead atoms. The zero-order chi connectivity index (χ0) is 18.2. The van der Waals surface area contributed by atoms with Gasteiger partial charge in [-0.3, -0.25) is 4.72 Å². The SMILES string of the molecule is CNSC1CC1.NC(CCN1CCCC1)Cc1cc(F)c(F)cc1F. The number of hydrogen-bond acceptors (Lipinski definition) is 4. The first-order chi connectivity index (χ1) is 12.0. The Morgan fingerprint density at radius 3 is 2.36 bits per heavy atom. The summed E-state index contributed by atoms with van der Waals surface area (Å²) in [6.07, 6.45) is 6.24. The second-order valence-electron chi connectivity index (χ2n) is 6.68. The largest absolute Gasteiger partial charge is 0.327 e. The fraction of sp³-hybridized carbons (Fsp3) is 0.667. The molecule has 0 radical (unpaired) electrons. The van der Waals surface area contributed by atoms with Crippen molar-refractivity contribution in [1.29, 1.82) is 0 Å². The Bertz CT molecular complexity index is 535. The topological polar surface area (TPSA) is 41.3 Å². The van der Waals surface area contributed by atoms with E-state index >= 15 is 0 Å². The molecule has 1 atom stereocenters. The van der Waals surface area contributed by atoms with Crippen molar-refractivity contribution in [3.05, 3.63) is 35.1 Å². The lowest BCUT2D eigenvalue weighted by Crippen LogP contribution is -2.30. The van der Waals surface area contributed by atoms with Crippen LogP contribution in [0.25, 0.3) is 0 Å². The molecule has 3 N–H and O–H groups in total. The second-order valence-corrected chi connectivity index (χ2v) is 7.99. The van der Waals surface area contributed by atoms with Crippen molar-refractivity contribution in [3.63, 3.8) is 0 Å². The van der Waals surface area contributed by atoms with Crippen LogP contribution in [-0.4, -0.2) is 42.9 Å². The predicted molar refractivity (Wildman–Crippen MR) is 98.0 cm³/mol. The Morgan fingerprint density at radius 1 is 1.16 bits per heavy atom. The van der Waals surface area contributed by atoms with E-state index in [1.165, 1.54) is 25.7 Å². The van der Waals surface area contributed by atoms with Gasteiger partial charge < -0.3 is 10.6 Å². The number of likely N-dealkylation sites (tertiary alicyclic amines) is 1. The highest BCUT2D eigenvalue weighted by Gasteiger charge is 2.20. The first-order valence-corrected chi connectivity index (χ1v) is 9.81. The number of nitrogens with two attached hydrogens (primary N) is 1. The zero-order valence-electron chi connectivity index (χ0n) is 14.7. The van der Waals surface area contributed by atoms with Crippen LogP contribution < -0.4 is 10.5 Å². The number of rotatable bonds is 7. The summed E-state index contributed by atoms with van der Waals surface area (Å²) >= 11 is 1.85.